The van der Waals surface area contributed by atoms with Crippen molar-refractivity contribution in [2.75, 3.05) is 0 Å². The van der Waals surface area contributed by atoms with Gasteiger partial charge < -0.3 is 10.4 Å². The molecule has 0 aliphatic heterocycles. The topological polar surface area (TPSA) is 66.4 Å². The van der Waals surface area contributed by atoms with E-state index in [1.165, 1.54) is 0 Å². The molecule has 0 heterocycles. The molecule has 0 aliphatic rings. The molecule has 4 nitrogen and oxygen atoms in total. The van der Waals surface area contributed by atoms with Crippen molar-refractivity contribution < 1.29 is 14.7 Å². The fourth-order valence-corrected chi connectivity index (χ4v) is 1.67. The lowest BCUT2D eigenvalue weighted by molar-refractivity contribution is -0.141. The molecule has 0 rings (SSSR count). The van der Waals surface area contributed by atoms with E-state index >= 15 is 0 Å². The van der Waals surface area contributed by atoms with Gasteiger partial charge >= 0.3 is 5.97 Å². The molecule has 2 atom stereocenters. The van der Waals surface area contributed by atoms with Crippen molar-refractivity contribution in [3.8, 4) is 0 Å². The van der Waals surface area contributed by atoms with E-state index in [1.807, 2.05) is 13.8 Å². The van der Waals surface area contributed by atoms with E-state index in [2.05, 4.69) is 17.9 Å². The number of carbonyl (C=O) groups is 2. The van der Waals surface area contributed by atoms with Crippen molar-refractivity contribution in [3.63, 3.8) is 0 Å². The normalized spacial score (nSPS) is 16.3. The summed E-state index contributed by atoms with van der Waals surface area (Å²) in [5.41, 5.74) is 0.946. The fourth-order valence-electron chi connectivity index (χ4n) is 1.23. The van der Waals surface area contributed by atoms with E-state index in [9.17, 15) is 9.59 Å². The molecule has 0 aromatic heterocycles. The monoisotopic (exact) mass is 217 g/mol. The zero-order chi connectivity index (χ0) is 11.4. The van der Waals surface area contributed by atoms with Gasteiger partial charge in [0, 0.05) is 0 Å². The maximum atomic E-state index is 10.8. The van der Waals surface area contributed by atoms with Gasteiger partial charge in [-0.2, -0.15) is 12.6 Å². The van der Waals surface area contributed by atoms with Crippen LogP contribution in [-0.4, -0.2) is 28.3 Å². The van der Waals surface area contributed by atoms with Crippen LogP contribution in [0.25, 0.3) is 0 Å². The van der Waals surface area contributed by atoms with Gasteiger partial charge in [0.1, 0.15) is 6.04 Å². The predicted octanol–water partition coefficient (Wildman–Crippen LogP) is 0.840. The van der Waals surface area contributed by atoms with Gasteiger partial charge in [-0.25, -0.2) is 4.79 Å². The quantitative estimate of drug-likeness (QED) is 0.363. The standard InChI is InChI=1S/C9H15NO3S/c1-6(2)4-9(3,14)7(8(12)13)10-5-11/h4-5,7,14H,1-3H3,(H,10,11)(H,12,13)/t7-,9?/m1/s1. The first-order valence-electron chi connectivity index (χ1n) is 4.12. The molecular weight excluding hydrogens is 202 g/mol. The van der Waals surface area contributed by atoms with Gasteiger partial charge in [-0.1, -0.05) is 11.6 Å². The first-order valence-corrected chi connectivity index (χ1v) is 4.57. The molecule has 0 spiro atoms. The molecule has 0 bridgehead atoms. The van der Waals surface area contributed by atoms with Crippen LogP contribution in [0, 0.1) is 0 Å². The van der Waals surface area contributed by atoms with Crippen LogP contribution in [0.3, 0.4) is 0 Å². The highest BCUT2D eigenvalue weighted by Crippen LogP contribution is 2.22. The SMILES string of the molecule is CC(C)=CC(C)(S)[C@H](NC=O)C(=O)O. The number of thiol groups is 1. The van der Waals surface area contributed by atoms with Gasteiger partial charge in [0.2, 0.25) is 6.41 Å². The van der Waals surface area contributed by atoms with E-state index in [0.29, 0.717) is 6.41 Å². The third kappa shape index (κ3) is 3.83. The summed E-state index contributed by atoms with van der Waals surface area (Å²) in [5.74, 6) is -1.10. The summed E-state index contributed by atoms with van der Waals surface area (Å²) in [6.07, 6.45) is 2.07. The molecule has 0 aromatic rings. The lowest BCUT2D eigenvalue weighted by Crippen LogP contribution is -2.49. The smallest absolute Gasteiger partial charge is 0.327 e. The Kier molecular flexibility index (Phi) is 4.70. The third-order valence-electron chi connectivity index (χ3n) is 1.65. The first-order chi connectivity index (χ1) is 6.31. The van der Waals surface area contributed by atoms with Crippen molar-refractivity contribution in [1.82, 2.24) is 5.32 Å². The van der Waals surface area contributed by atoms with Gasteiger partial charge in [0.05, 0.1) is 4.75 Å². The molecule has 5 heteroatoms. The predicted molar refractivity (Wildman–Crippen MR) is 57.4 cm³/mol. The minimum Gasteiger partial charge on any atom is -0.480 e. The second-order valence-electron chi connectivity index (χ2n) is 3.50. The number of allylic oxidation sites excluding steroid dienone is 1. The van der Waals surface area contributed by atoms with Crippen LogP contribution < -0.4 is 5.32 Å². The average molecular weight is 217 g/mol. The molecule has 1 amide bonds. The zero-order valence-corrected chi connectivity index (χ0v) is 9.34. The minimum atomic E-state index is -1.10. The van der Waals surface area contributed by atoms with E-state index in [-0.39, 0.29) is 0 Å². The molecule has 14 heavy (non-hydrogen) atoms. The van der Waals surface area contributed by atoms with Crippen LogP contribution >= 0.6 is 12.6 Å². The Hall–Kier alpha value is -0.970. The molecule has 0 fully saturated rings. The van der Waals surface area contributed by atoms with Gasteiger partial charge in [0.15, 0.2) is 0 Å². The molecule has 2 N–H and O–H groups in total. The molecular formula is C9H15NO3S. The number of hydrogen-bond acceptors (Lipinski definition) is 3. The molecule has 0 saturated carbocycles. The number of carbonyl (C=O) groups excluding carboxylic acids is 1. The molecule has 80 valence electrons. The average Bonchev–Trinajstić information content (AvgIpc) is 1.96. The molecule has 0 aromatic carbocycles. The Labute approximate surface area is 88.8 Å². The van der Waals surface area contributed by atoms with Crippen molar-refractivity contribution in [1.29, 1.82) is 0 Å². The summed E-state index contributed by atoms with van der Waals surface area (Å²) in [7, 11) is 0. The summed E-state index contributed by atoms with van der Waals surface area (Å²) >= 11 is 4.22. The van der Waals surface area contributed by atoms with Crippen LogP contribution in [0.1, 0.15) is 20.8 Å². The van der Waals surface area contributed by atoms with E-state index in [4.69, 9.17) is 5.11 Å². The van der Waals surface area contributed by atoms with Crippen molar-refractivity contribution >= 4 is 25.0 Å². The Balaban J connectivity index is 4.88. The van der Waals surface area contributed by atoms with Crippen LogP contribution in [0.5, 0.6) is 0 Å². The van der Waals surface area contributed by atoms with E-state index in [1.54, 1.807) is 13.0 Å². The number of rotatable bonds is 5. The van der Waals surface area contributed by atoms with Gasteiger partial charge in [0.25, 0.3) is 0 Å². The Bertz CT molecular complexity index is 257. The summed E-state index contributed by atoms with van der Waals surface area (Å²) in [5, 5.41) is 11.1. The van der Waals surface area contributed by atoms with Gasteiger partial charge in [-0.3, -0.25) is 4.79 Å². The second-order valence-corrected chi connectivity index (χ2v) is 4.47. The largest absolute Gasteiger partial charge is 0.480 e. The Morgan fingerprint density at radius 3 is 2.36 bits per heavy atom. The van der Waals surface area contributed by atoms with Crippen molar-refractivity contribution in [3.05, 3.63) is 11.6 Å². The molecule has 0 saturated heterocycles. The maximum Gasteiger partial charge on any atom is 0.327 e. The van der Waals surface area contributed by atoms with Gasteiger partial charge in [-0.15, -0.1) is 0 Å². The van der Waals surface area contributed by atoms with Crippen LogP contribution in [0.2, 0.25) is 0 Å². The lowest BCUT2D eigenvalue weighted by Gasteiger charge is -2.27. The van der Waals surface area contributed by atoms with Crippen LogP contribution in [-0.2, 0) is 9.59 Å². The van der Waals surface area contributed by atoms with Crippen LogP contribution in [0.4, 0.5) is 0 Å². The summed E-state index contributed by atoms with van der Waals surface area (Å²) in [4.78, 5) is 21.0. The van der Waals surface area contributed by atoms with E-state index in [0.717, 1.165) is 5.57 Å². The highest BCUT2D eigenvalue weighted by atomic mass is 32.1. The summed E-state index contributed by atoms with van der Waals surface area (Å²) < 4.78 is -0.897. The van der Waals surface area contributed by atoms with E-state index < -0.39 is 16.8 Å². The number of hydrogen-bond donors (Lipinski definition) is 3. The Morgan fingerprint density at radius 1 is 1.57 bits per heavy atom. The highest BCUT2D eigenvalue weighted by molar-refractivity contribution is 7.82. The lowest BCUT2D eigenvalue weighted by atomic mass is 9.98. The fraction of sp³-hybridized carbons (Fsp3) is 0.556. The first kappa shape index (κ1) is 13.0. The maximum absolute atomic E-state index is 10.8. The molecule has 0 radical (unpaired) electrons. The van der Waals surface area contributed by atoms with Crippen molar-refractivity contribution in [2.45, 2.75) is 31.6 Å². The van der Waals surface area contributed by atoms with Crippen molar-refractivity contribution in [2.24, 2.45) is 0 Å². The molecule has 1 unspecified atom stereocenters. The number of nitrogens with one attached hydrogen (secondary N) is 1. The zero-order valence-electron chi connectivity index (χ0n) is 8.44. The number of aliphatic carboxylic acids is 1. The molecule has 0 aliphatic carbocycles. The number of carboxylic acid groups (broad SMARTS) is 1. The summed E-state index contributed by atoms with van der Waals surface area (Å²) in [6.45, 7) is 5.32. The highest BCUT2D eigenvalue weighted by Gasteiger charge is 2.34. The van der Waals surface area contributed by atoms with Crippen LogP contribution in [0.15, 0.2) is 11.6 Å². The van der Waals surface area contributed by atoms with Gasteiger partial charge in [-0.05, 0) is 20.8 Å². The minimum absolute atomic E-state index is 0.367. The summed E-state index contributed by atoms with van der Waals surface area (Å²) in [6, 6.07) is -1.03. The second kappa shape index (κ2) is 5.05. The number of amides is 1. The third-order valence-corrected chi connectivity index (χ3v) is 2.03. The number of carboxylic acids is 1. The Morgan fingerprint density at radius 2 is 2.07 bits per heavy atom.